The first-order valence-electron chi connectivity index (χ1n) is 7.65. The van der Waals surface area contributed by atoms with Gasteiger partial charge in [-0.15, -0.1) is 12.4 Å². The van der Waals surface area contributed by atoms with Gasteiger partial charge in [-0.3, -0.25) is 14.9 Å². The molecule has 0 spiro atoms. The topological polar surface area (TPSA) is 106 Å². The van der Waals surface area contributed by atoms with Crippen LogP contribution in [0, 0.1) is 17.0 Å². The summed E-state index contributed by atoms with van der Waals surface area (Å²) in [7, 11) is 0. The van der Waals surface area contributed by atoms with E-state index in [4.69, 9.17) is 4.74 Å². The van der Waals surface area contributed by atoms with Crippen molar-refractivity contribution in [3.63, 3.8) is 0 Å². The van der Waals surface area contributed by atoms with Crippen molar-refractivity contribution in [1.82, 2.24) is 10.6 Å². The Balaban J connectivity index is 0.00000288. The fourth-order valence-corrected chi connectivity index (χ4v) is 2.32. The van der Waals surface area contributed by atoms with E-state index in [2.05, 4.69) is 16.0 Å². The van der Waals surface area contributed by atoms with Crippen LogP contribution in [0.1, 0.15) is 12.0 Å². The van der Waals surface area contributed by atoms with Crippen LogP contribution >= 0.6 is 12.4 Å². The Morgan fingerprint density at radius 3 is 2.92 bits per heavy atom. The molecule has 1 heterocycles. The maximum Gasteiger partial charge on any atom is 0.292 e. The van der Waals surface area contributed by atoms with Crippen LogP contribution in [-0.4, -0.2) is 49.7 Å². The Morgan fingerprint density at radius 1 is 1.46 bits per heavy atom. The largest absolute Gasteiger partial charge is 0.379 e. The van der Waals surface area contributed by atoms with E-state index in [9.17, 15) is 14.9 Å². The Labute approximate surface area is 146 Å². The zero-order chi connectivity index (χ0) is 16.7. The molecule has 2 rings (SSSR count). The molecule has 0 radical (unpaired) electrons. The number of hydrogen-bond acceptors (Lipinski definition) is 6. The van der Waals surface area contributed by atoms with Crippen LogP contribution in [0.3, 0.4) is 0 Å². The highest BCUT2D eigenvalue weighted by Gasteiger charge is 2.20. The van der Waals surface area contributed by atoms with Gasteiger partial charge in [0.1, 0.15) is 11.7 Å². The fraction of sp³-hybridized carbons (Fsp3) is 0.533. The molecule has 0 saturated carbocycles. The highest BCUT2D eigenvalue weighted by Crippen LogP contribution is 2.24. The summed E-state index contributed by atoms with van der Waals surface area (Å²) in [5, 5.41) is 20.0. The van der Waals surface area contributed by atoms with Gasteiger partial charge in [0.15, 0.2) is 0 Å². The molecular weight excluding hydrogens is 336 g/mol. The van der Waals surface area contributed by atoms with E-state index < -0.39 is 4.92 Å². The first-order chi connectivity index (χ1) is 11.1. The molecule has 0 bridgehead atoms. The lowest BCUT2D eigenvalue weighted by atomic mass is 10.2. The number of benzene rings is 1. The van der Waals surface area contributed by atoms with Gasteiger partial charge in [-0.1, -0.05) is 6.07 Å². The van der Waals surface area contributed by atoms with Gasteiger partial charge in [-0.2, -0.15) is 0 Å². The number of nitrogens with zero attached hydrogens (tertiary/aromatic N) is 1. The number of amides is 1. The molecule has 24 heavy (non-hydrogen) atoms. The van der Waals surface area contributed by atoms with Gasteiger partial charge in [-0.05, 0) is 25.0 Å². The predicted octanol–water partition coefficient (Wildman–Crippen LogP) is 1.23. The van der Waals surface area contributed by atoms with Crippen molar-refractivity contribution in [3.8, 4) is 0 Å². The van der Waals surface area contributed by atoms with Crippen molar-refractivity contribution in [2.75, 3.05) is 38.2 Å². The molecule has 1 unspecified atom stereocenters. The van der Waals surface area contributed by atoms with E-state index >= 15 is 0 Å². The van der Waals surface area contributed by atoms with Crippen LogP contribution in [0.15, 0.2) is 18.2 Å². The number of rotatable bonds is 7. The number of nitro benzene ring substituents is 1. The molecule has 1 aromatic rings. The van der Waals surface area contributed by atoms with Crippen molar-refractivity contribution in [1.29, 1.82) is 0 Å². The van der Waals surface area contributed by atoms with Crippen LogP contribution in [0.5, 0.6) is 0 Å². The molecule has 0 aromatic heterocycles. The van der Waals surface area contributed by atoms with Gasteiger partial charge in [0.2, 0.25) is 5.91 Å². The molecule has 1 atom stereocenters. The number of carbonyl (C=O) groups excluding carboxylic acids is 1. The molecule has 1 fully saturated rings. The Morgan fingerprint density at radius 2 is 2.25 bits per heavy atom. The zero-order valence-electron chi connectivity index (χ0n) is 13.5. The second-order valence-electron chi connectivity index (χ2n) is 5.43. The summed E-state index contributed by atoms with van der Waals surface area (Å²) >= 11 is 0. The summed E-state index contributed by atoms with van der Waals surface area (Å²) in [6, 6.07) is 4.77. The summed E-state index contributed by atoms with van der Waals surface area (Å²) in [6.45, 7) is 4.55. The monoisotopic (exact) mass is 358 g/mol. The predicted molar refractivity (Wildman–Crippen MR) is 93.8 cm³/mol. The lowest BCUT2D eigenvalue weighted by Crippen LogP contribution is -2.51. The maximum atomic E-state index is 11.8. The fourth-order valence-electron chi connectivity index (χ4n) is 2.32. The van der Waals surface area contributed by atoms with Gasteiger partial charge in [0.25, 0.3) is 5.69 Å². The number of halogens is 1. The lowest BCUT2D eigenvalue weighted by molar-refractivity contribution is -0.384. The minimum atomic E-state index is -0.397. The highest BCUT2D eigenvalue weighted by molar-refractivity contribution is 5.85. The molecule has 1 saturated heterocycles. The number of morpholine rings is 1. The number of aryl methyl sites for hydroxylation is 1. The van der Waals surface area contributed by atoms with Crippen LogP contribution in [-0.2, 0) is 9.53 Å². The van der Waals surface area contributed by atoms with Crippen molar-refractivity contribution in [2.45, 2.75) is 19.4 Å². The number of nitro groups is 1. The number of hydrogen-bond donors (Lipinski definition) is 3. The third-order valence-electron chi connectivity index (χ3n) is 3.56. The SMILES string of the molecule is Cc1ccc(NCCCNC(=O)C2COCCN2)c([N+](=O)[O-])c1.Cl. The number of ether oxygens (including phenoxy) is 1. The maximum absolute atomic E-state index is 11.8. The minimum absolute atomic E-state index is 0. The molecular formula is C15H23ClN4O4. The quantitative estimate of drug-likeness (QED) is 0.384. The highest BCUT2D eigenvalue weighted by atomic mass is 35.5. The first-order valence-corrected chi connectivity index (χ1v) is 7.65. The van der Waals surface area contributed by atoms with E-state index in [0.29, 0.717) is 45.0 Å². The summed E-state index contributed by atoms with van der Waals surface area (Å²) in [5.74, 6) is -0.0778. The molecule has 3 N–H and O–H groups in total. The third kappa shape index (κ3) is 5.95. The summed E-state index contributed by atoms with van der Waals surface area (Å²) in [6.07, 6.45) is 0.671. The zero-order valence-corrected chi connectivity index (χ0v) is 14.4. The Hall–Kier alpha value is -1.90. The average Bonchev–Trinajstić information content (AvgIpc) is 2.56. The van der Waals surface area contributed by atoms with Gasteiger partial charge < -0.3 is 20.7 Å². The van der Waals surface area contributed by atoms with Crippen molar-refractivity contribution in [2.24, 2.45) is 0 Å². The Kier molecular flexibility index (Phi) is 8.45. The summed E-state index contributed by atoms with van der Waals surface area (Å²) < 4.78 is 5.23. The summed E-state index contributed by atoms with van der Waals surface area (Å²) in [5.41, 5.74) is 1.41. The van der Waals surface area contributed by atoms with E-state index in [-0.39, 0.29) is 30.0 Å². The van der Waals surface area contributed by atoms with Crippen molar-refractivity contribution in [3.05, 3.63) is 33.9 Å². The third-order valence-corrected chi connectivity index (χ3v) is 3.56. The van der Waals surface area contributed by atoms with Crippen molar-refractivity contribution >= 4 is 29.7 Å². The lowest BCUT2D eigenvalue weighted by Gasteiger charge is -2.22. The standard InChI is InChI=1S/C15H22N4O4.ClH/c1-11-3-4-12(14(9-11)19(21)22)16-5-2-6-18-15(20)13-10-23-8-7-17-13;/h3-4,9,13,16-17H,2,5-8,10H2,1H3,(H,18,20);1H. The minimum Gasteiger partial charge on any atom is -0.379 e. The van der Waals surface area contributed by atoms with E-state index in [1.807, 2.05) is 13.0 Å². The van der Waals surface area contributed by atoms with Crippen LogP contribution < -0.4 is 16.0 Å². The van der Waals surface area contributed by atoms with Gasteiger partial charge in [0, 0.05) is 25.7 Å². The first kappa shape index (κ1) is 20.1. The van der Waals surface area contributed by atoms with Crippen LogP contribution in [0.25, 0.3) is 0 Å². The summed E-state index contributed by atoms with van der Waals surface area (Å²) in [4.78, 5) is 22.5. The molecule has 1 aliphatic rings. The van der Waals surface area contributed by atoms with Gasteiger partial charge in [-0.25, -0.2) is 0 Å². The molecule has 9 heteroatoms. The van der Waals surface area contributed by atoms with Crippen LogP contribution in [0.4, 0.5) is 11.4 Å². The second-order valence-corrected chi connectivity index (χ2v) is 5.43. The van der Waals surface area contributed by atoms with Crippen LogP contribution in [0.2, 0.25) is 0 Å². The molecule has 0 aliphatic carbocycles. The molecule has 1 aromatic carbocycles. The Bertz CT molecular complexity index is 564. The second kappa shape index (κ2) is 10.1. The molecule has 1 aliphatic heterocycles. The van der Waals surface area contributed by atoms with E-state index in [0.717, 1.165) is 5.56 Å². The molecule has 1 amide bonds. The smallest absolute Gasteiger partial charge is 0.292 e. The average molecular weight is 359 g/mol. The molecule has 134 valence electrons. The number of carbonyl (C=O) groups is 1. The van der Waals surface area contributed by atoms with Gasteiger partial charge >= 0.3 is 0 Å². The van der Waals surface area contributed by atoms with Gasteiger partial charge in [0.05, 0.1) is 18.1 Å². The molecule has 8 nitrogen and oxygen atoms in total. The number of anilines is 1. The van der Waals surface area contributed by atoms with E-state index in [1.54, 1.807) is 12.1 Å². The number of nitrogens with one attached hydrogen (secondary N) is 3. The van der Waals surface area contributed by atoms with E-state index in [1.165, 1.54) is 0 Å². The normalized spacial score (nSPS) is 16.8. The van der Waals surface area contributed by atoms with Crippen molar-refractivity contribution < 1.29 is 14.5 Å².